The molecule has 0 aliphatic heterocycles. The molecule has 4 rings (SSSR count). The molecule has 0 radical (unpaired) electrons. The van der Waals surface area contributed by atoms with E-state index in [0.29, 0.717) is 12.8 Å². The Labute approximate surface area is 183 Å². The zero-order valence-electron chi connectivity index (χ0n) is 19.1. The fourth-order valence-electron chi connectivity index (χ4n) is 7.75. The minimum atomic E-state index is -1.31. The molecule has 0 bridgehead atoms. The summed E-state index contributed by atoms with van der Waals surface area (Å²) in [5.41, 5.74) is -0.570. The number of allylic oxidation sites excluding steroid dienone is 3. The van der Waals surface area contributed by atoms with Crippen LogP contribution in [0, 0.1) is 34.5 Å². The summed E-state index contributed by atoms with van der Waals surface area (Å²) in [5, 5.41) is 21.3. The Balaban J connectivity index is 1.85. The summed E-state index contributed by atoms with van der Waals surface area (Å²) < 4.78 is 5.76. The number of ketones is 2. The Morgan fingerprint density at radius 2 is 1.81 bits per heavy atom. The molecule has 4 aliphatic carbocycles. The zero-order valence-corrected chi connectivity index (χ0v) is 19.1. The van der Waals surface area contributed by atoms with Gasteiger partial charge in [0.2, 0.25) is 0 Å². The number of ether oxygens (including phenoxy) is 1. The Kier molecular flexibility index (Phi) is 5.14. The third-order valence-corrected chi connectivity index (χ3v) is 9.38. The van der Waals surface area contributed by atoms with E-state index in [9.17, 15) is 24.6 Å². The van der Waals surface area contributed by atoms with Crippen molar-refractivity contribution in [3.8, 4) is 0 Å². The molecule has 31 heavy (non-hydrogen) atoms. The lowest BCUT2D eigenvalue weighted by molar-refractivity contribution is -0.174. The molecule has 0 amide bonds. The molecule has 0 spiro atoms. The highest BCUT2D eigenvalue weighted by atomic mass is 16.5. The first-order valence-corrected chi connectivity index (χ1v) is 11.4. The molecule has 0 aromatic carbocycles. The molecule has 8 atom stereocenters. The van der Waals surface area contributed by atoms with Crippen LogP contribution in [0.5, 0.6) is 0 Å². The van der Waals surface area contributed by atoms with Crippen molar-refractivity contribution in [1.82, 2.24) is 0 Å². The van der Waals surface area contributed by atoms with E-state index >= 15 is 0 Å². The van der Waals surface area contributed by atoms with E-state index in [2.05, 4.69) is 13.0 Å². The maximum Gasteiger partial charge on any atom is 0.302 e. The van der Waals surface area contributed by atoms with E-state index in [1.54, 1.807) is 6.08 Å². The molecule has 0 heterocycles. The predicted octanol–water partition coefficient (Wildman–Crippen LogP) is 2.76. The molecule has 6 heteroatoms. The van der Waals surface area contributed by atoms with E-state index in [4.69, 9.17) is 4.74 Å². The highest BCUT2D eigenvalue weighted by Crippen LogP contribution is 2.67. The second-order valence-corrected chi connectivity index (χ2v) is 10.6. The Morgan fingerprint density at radius 1 is 1.16 bits per heavy atom. The number of hydrogen-bond donors (Lipinski definition) is 2. The van der Waals surface area contributed by atoms with Crippen molar-refractivity contribution in [3.63, 3.8) is 0 Å². The lowest BCUT2D eigenvalue weighted by Gasteiger charge is -2.59. The second-order valence-electron chi connectivity index (χ2n) is 10.6. The molecule has 2 unspecified atom stereocenters. The van der Waals surface area contributed by atoms with Gasteiger partial charge in [0.25, 0.3) is 0 Å². The average Bonchev–Trinajstić information content (AvgIpc) is 2.96. The molecule has 2 fully saturated rings. The summed E-state index contributed by atoms with van der Waals surface area (Å²) in [6.45, 7) is 8.54. The van der Waals surface area contributed by atoms with Crippen molar-refractivity contribution in [2.75, 3.05) is 6.61 Å². The first-order chi connectivity index (χ1) is 14.4. The van der Waals surface area contributed by atoms with Gasteiger partial charge in [-0.3, -0.25) is 14.4 Å². The molecule has 0 aromatic heterocycles. The molecular weight excluding hydrogens is 396 g/mol. The van der Waals surface area contributed by atoms with Crippen LogP contribution in [0.4, 0.5) is 0 Å². The largest absolute Gasteiger partial charge is 0.461 e. The summed E-state index contributed by atoms with van der Waals surface area (Å²) in [6, 6.07) is 0. The normalized spacial score (nSPS) is 46.3. The third kappa shape index (κ3) is 2.80. The van der Waals surface area contributed by atoms with Crippen LogP contribution in [0.3, 0.4) is 0 Å². The Morgan fingerprint density at radius 3 is 2.39 bits per heavy atom. The van der Waals surface area contributed by atoms with Crippen LogP contribution in [-0.4, -0.2) is 46.1 Å². The summed E-state index contributed by atoms with van der Waals surface area (Å²) in [5.74, 6) is -1.32. The number of carbonyl (C=O) groups excluding carboxylic acids is 3. The van der Waals surface area contributed by atoms with Crippen molar-refractivity contribution in [1.29, 1.82) is 0 Å². The van der Waals surface area contributed by atoms with Crippen molar-refractivity contribution in [2.45, 2.75) is 72.0 Å². The van der Waals surface area contributed by atoms with Crippen LogP contribution in [0.1, 0.15) is 60.3 Å². The minimum absolute atomic E-state index is 0.0846. The molecule has 4 aliphatic rings. The maximum atomic E-state index is 12.8. The van der Waals surface area contributed by atoms with E-state index < -0.39 is 34.4 Å². The zero-order chi connectivity index (χ0) is 22.9. The summed E-state index contributed by atoms with van der Waals surface area (Å²) in [7, 11) is 0. The number of rotatable bonds is 3. The lowest BCUT2D eigenvalue weighted by Crippen LogP contribution is -2.61. The fraction of sp³-hybridized carbons (Fsp3) is 0.720. The fourth-order valence-corrected chi connectivity index (χ4v) is 7.75. The van der Waals surface area contributed by atoms with Crippen molar-refractivity contribution >= 4 is 17.5 Å². The van der Waals surface area contributed by atoms with E-state index in [1.807, 2.05) is 13.8 Å². The average molecular weight is 431 g/mol. The van der Waals surface area contributed by atoms with Gasteiger partial charge in [-0.15, -0.1) is 0 Å². The molecule has 2 saturated carbocycles. The molecular formula is C25H34O6. The highest BCUT2D eigenvalue weighted by molar-refractivity contribution is 5.95. The Hall–Kier alpha value is -1.79. The molecule has 2 N–H and O–H groups in total. The van der Waals surface area contributed by atoms with Gasteiger partial charge >= 0.3 is 5.97 Å². The topological polar surface area (TPSA) is 101 Å². The van der Waals surface area contributed by atoms with Crippen LogP contribution >= 0.6 is 0 Å². The summed E-state index contributed by atoms with van der Waals surface area (Å²) in [6.07, 6.45) is 5.76. The first kappa shape index (κ1) is 22.4. The predicted molar refractivity (Wildman–Crippen MR) is 114 cm³/mol. The monoisotopic (exact) mass is 430 g/mol. The van der Waals surface area contributed by atoms with Gasteiger partial charge in [0.15, 0.2) is 11.6 Å². The van der Waals surface area contributed by atoms with E-state index in [-0.39, 0.29) is 35.9 Å². The lowest BCUT2D eigenvalue weighted by atomic mass is 9.45. The van der Waals surface area contributed by atoms with Gasteiger partial charge in [-0.1, -0.05) is 25.5 Å². The second kappa shape index (κ2) is 7.11. The van der Waals surface area contributed by atoms with Crippen LogP contribution in [0.2, 0.25) is 0 Å². The van der Waals surface area contributed by atoms with Crippen molar-refractivity contribution in [2.24, 2.45) is 34.5 Å². The van der Waals surface area contributed by atoms with Gasteiger partial charge in [-0.05, 0) is 68.9 Å². The van der Waals surface area contributed by atoms with Gasteiger partial charge in [-0.25, -0.2) is 0 Å². The summed E-state index contributed by atoms with van der Waals surface area (Å²) >= 11 is 0. The van der Waals surface area contributed by atoms with Gasteiger partial charge < -0.3 is 14.9 Å². The number of Topliss-reactive ketones (excluding diaryl/α,β-unsaturated/α-hetero) is 1. The highest BCUT2D eigenvalue weighted by Gasteiger charge is 2.67. The van der Waals surface area contributed by atoms with Crippen LogP contribution in [0.25, 0.3) is 0 Å². The van der Waals surface area contributed by atoms with Gasteiger partial charge in [0.1, 0.15) is 11.7 Å². The number of esters is 1. The van der Waals surface area contributed by atoms with Gasteiger partial charge in [-0.2, -0.15) is 0 Å². The maximum absolute atomic E-state index is 12.8. The van der Waals surface area contributed by atoms with Crippen molar-refractivity contribution in [3.05, 3.63) is 23.3 Å². The standard InChI is InChI=1S/C25H34O6/c1-13-10-16-18-7-9-25(30,14(2)27)23(18,4)8-6-19(16)24(5)20(13)11-21(29)17(12-26)22(24)31-15(3)28/h10-11,16-19,22,26,30H,6-9,12H2,1-5H3/t16-,17?,18-,19-,22?,23-,24+,25-/m0/s1. The number of aliphatic hydroxyl groups excluding tert-OH is 1. The molecule has 0 saturated heterocycles. The van der Waals surface area contributed by atoms with Crippen LogP contribution in [0.15, 0.2) is 23.3 Å². The van der Waals surface area contributed by atoms with E-state index in [1.165, 1.54) is 13.8 Å². The smallest absolute Gasteiger partial charge is 0.302 e. The third-order valence-electron chi connectivity index (χ3n) is 9.38. The van der Waals surface area contributed by atoms with Crippen LogP contribution < -0.4 is 0 Å². The van der Waals surface area contributed by atoms with Crippen LogP contribution in [-0.2, 0) is 19.1 Å². The SMILES string of the molecule is CC(=O)OC1C(CO)C(=O)C=C2C(C)=C[C@H]3[C@@H]4CC[C@](O)(C(C)=O)[C@@]4(C)CC[C@@H]3[C@]21C. The molecule has 0 aromatic rings. The Bertz CT molecular complexity index is 902. The number of fused-ring (bicyclic) bond motifs is 5. The molecule has 170 valence electrons. The van der Waals surface area contributed by atoms with Gasteiger partial charge in [0.05, 0.1) is 12.5 Å². The minimum Gasteiger partial charge on any atom is -0.461 e. The van der Waals surface area contributed by atoms with E-state index in [0.717, 1.165) is 24.0 Å². The number of carbonyl (C=O) groups is 3. The quantitative estimate of drug-likeness (QED) is 0.668. The van der Waals surface area contributed by atoms with Gasteiger partial charge in [0, 0.05) is 17.8 Å². The number of aliphatic hydroxyl groups is 2. The molecule has 6 nitrogen and oxygen atoms in total. The first-order valence-electron chi connectivity index (χ1n) is 11.4. The summed E-state index contributed by atoms with van der Waals surface area (Å²) in [4.78, 5) is 37.2. The van der Waals surface area contributed by atoms with Crippen molar-refractivity contribution < 1.29 is 29.3 Å². The number of hydrogen-bond acceptors (Lipinski definition) is 6.